The normalized spacial score (nSPS) is 16.6. The van der Waals surface area contributed by atoms with E-state index in [0.717, 1.165) is 12.3 Å². The maximum atomic E-state index is 14.4. The lowest BCUT2D eigenvalue weighted by molar-refractivity contribution is 0.0938. The molecule has 0 saturated heterocycles. The van der Waals surface area contributed by atoms with E-state index in [2.05, 4.69) is 9.97 Å². The number of imidazole rings is 1. The summed E-state index contributed by atoms with van der Waals surface area (Å²) >= 11 is 0. The minimum Gasteiger partial charge on any atom is -0.326 e. The predicted molar refractivity (Wildman–Crippen MR) is 170 cm³/mol. The van der Waals surface area contributed by atoms with Crippen molar-refractivity contribution in [1.29, 1.82) is 0 Å². The van der Waals surface area contributed by atoms with Crippen LogP contribution in [-0.4, -0.2) is 29.3 Å². The summed E-state index contributed by atoms with van der Waals surface area (Å²) in [6.45, 7) is 0.0964. The quantitative estimate of drug-likeness (QED) is 0.223. The molecule has 0 amide bonds. The van der Waals surface area contributed by atoms with Crippen LogP contribution in [0.1, 0.15) is 54.2 Å². The number of rotatable bonds is 7. The van der Waals surface area contributed by atoms with Gasteiger partial charge in [0.25, 0.3) is 5.56 Å². The molecule has 0 atom stereocenters. The molecule has 0 unspecified atom stereocenters. The van der Waals surface area contributed by atoms with Gasteiger partial charge in [0.15, 0.2) is 11.4 Å². The number of ketones is 1. The lowest BCUT2D eigenvalue weighted by atomic mass is 9.82. The maximum absolute atomic E-state index is 14.4. The van der Waals surface area contributed by atoms with Gasteiger partial charge in [-0.2, -0.15) is 0 Å². The Morgan fingerprint density at radius 2 is 1.68 bits per heavy atom. The second-order valence-corrected chi connectivity index (χ2v) is 11.9. The summed E-state index contributed by atoms with van der Waals surface area (Å²) in [6, 6.07) is 14.6. The highest BCUT2D eigenvalue weighted by Gasteiger charge is 2.29. The zero-order valence-electron chi connectivity index (χ0n) is 25.1. The molecule has 1 aliphatic carbocycles. The molecule has 1 saturated carbocycles. The molecule has 6 aromatic rings. The molecule has 1 fully saturated rings. The number of nitrogens with zero attached hydrogens (tertiary/aromatic N) is 5. The Labute approximate surface area is 265 Å². The van der Waals surface area contributed by atoms with Gasteiger partial charge in [-0.25, -0.2) is 32.5 Å². The number of nitrogens with two attached hydrogens (primary N) is 1. The molecule has 47 heavy (non-hydrogen) atoms. The van der Waals surface area contributed by atoms with Crippen LogP contribution < -0.4 is 17.0 Å². The van der Waals surface area contributed by atoms with Crippen LogP contribution >= 0.6 is 0 Å². The predicted octanol–water partition coefficient (Wildman–Crippen LogP) is 5.74. The fourth-order valence-corrected chi connectivity index (χ4v) is 6.64. The fraction of sp³-hybridized carbons (Fsp3) is 0.229. The number of carbonyl (C=O) groups is 1. The largest absolute Gasteiger partial charge is 0.337 e. The molecule has 0 spiro atoms. The van der Waals surface area contributed by atoms with E-state index < -0.39 is 34.7 Å². The molecule has 0 aliphatic heterocycles. The molecule has 0 radical (unpaired) electrons. The number of Topliss-reactive ketones (excluding diaryl/α,β-unsaturated/α-hetero) is 1. The van der Waals surface area contributed by atoms with E-state index in [-0.39, 0.29) is 41.4 Å². The van der Waals surface area contributed by atoms with E-state index in [4.69, 9.17) is 5.73 Å². The van der Waals surface area contributed by atoms with E-state index >= 15 is 0 Å². The van der Waals surface area contributed by atoms with Gasteiger partial charge in [-0.3, -0.25) is 14.2 Å². The van der Waals surface area contributed by atoms with Gasteiger partial charge in [0, 0.05) is 31.4 Å². The van der Waals surface area contributed by atoms with Crippen LogP contribution in [-0.2, 0) is 6.54 Å². The van der Waals surface area contributed by atoms with Crippen molar-refractivity contribution in [2.45, 2.75) is 44.7 Å². The van der Waals surface area contributed by atoms with Crippen molar-refractivity contribution < 1.29 is 18.0 Å². The third-order valence-corrected chi connectivity index (χ3v) is 8.95. The van der Waals surface area contributed by atoms with Crippen molar-refractivity contribution in [2.24, 2.45) is 11.7 Å². The summed E-state index contributed by atoms with van der Waals surface area (Å²) in [7, 11) is 0. The van der Waals surface area contributed by atoms with Crippen LogP contribution in [0.2, 0.25) is 0 Å². The van der Waals surface area contributed by atoms with Gasteiger partial charge >= 0.3 is 5.69 Å². The van der Waals surface area contributed by atoms with Crippen molar-refractivity contribution in [3.05, 3.63) is 129 Å². The van der Waals surface area contributed by atoms with Crippen LogP contribution in [0, 0.1) is 23.4 Å². The molecule has 2 aromatic carbocycles. The van der Waals surface area contributed by atoms with Gasteiger partial charge in [-0.05, 0) is 90.8 Å². The summed E-state index contributed by atoms with van der Waals surface area (Å²) in [5.41, 5.74) is 7.70. The Bertz CT molecular complexity index is 2300. The number of carbonyl (C=O) groups excluding carboxylic acids is 1. The smallest absolute Gasteiger partial charge is 0.326 e. The van der Waals surface area contributed by atoms with E-state index in [1.54, 1.807) is 30.3 Å². The zero-order valence-corrected chi connectivity index (χ0v) is 25.1. The molecule has 9 nitrogen and oxygen atoms in total. The first-order valence-corrected chi connectivity index (χ1v) is 15.3. The first-order chi connectivity index (χ1) is 22.7. The van der Waals surface area contributed by atoms with Gasteiger partial charge in [0.1, 0.15) is 28.8 Å². The Hall–Kier alpha value is -5.36. The van der Waals surface area contributed by atoms with Crippen molar-refractivity contribution in [1.82, 2.24) is 23.5 Å². The van der Waals surface area contributed by atoms with Crippen LogP contribution in [0.3, 0.4) is 0 Å². The van der Waals surface area contributed by atoms with Gasteiger partial charge < -0.3 is 10.1 Å². The van der Waals surface area contributed by atoms with Gasteiger partial charge in [0.05, 0.1) is 17.3 Å². The lowest BCUT2D eigenvalue weighted by Crippen LogP contribution is -2.43. The number of pyridine rings is 2. The number of fused-ring (bicyclic) bond motifs is 2. The molecule has 0 bridgehead atoms. The maximum Gasteiger partial charge on any atom is 0.337 e. The monoisotopic (exact) mass is 638 g/mol. The van der Waals surface area contributed by atoms with E-state index in [1.807, 2.05) is 0 Å². The Morgan fingerprint density at radius 3 is 2.47 bits per heavy atom. The Morgan fingerprint density at radius 1 is 0.894 bits per heavy atom. The third-order valence-electron chi connectivity index (χ3n) is 8.95. The summed E-state index contributed by atoms with van der Waals surface area (Å²) in [6.07, 6.45) is 6.01. The number of aromatic nitrogens is 5. The summed E-state index contributed by atoms with van der Waals surface area (Å²) < 4.78 is 45.9. The molecule has 7 rings (SSSR count). The summed E-state index contributed by atoms with van der Waals surface area (Å²) in [5, 5.41) is -0.0416. The van der Waals surface area contributed by atoms with Gasteiger partial charge in [0.2, 0.25) is 0 Å². The average Bonchev–Trinajstić information content (AvgIpc) is 3.49. The second kappa shape index (κ2) is 12.1. The minimum atomic E-state index is -0.712. The SMILES string of the molecule is NCc1cc(F)ccc1-c1cccc(-n2c(=O)n(C3CCC(CC(=O)c4cn5cc(F)ccc5n4)CC3)c(=O)c3cc(F)cnc32)c1. The molecule has 4 aromatic heterocycles. The number of hydrogen-bond donors (Lipinski definition) is 1. The highest BCUT2D eigenvalue weighted by molar-refractivity contribution is 5.95. The Kier molecular flexibility index (Phi) is 7.80. The zero-order chi connectivity index (χ0) is 32.8. The number of halogens is 3. The van der Waals surface area contributed by atoms with E-state index in [9.17, 15) is 27.6 Å². The van der Waals surface area contributed by atoms with Crippen LogP contribution in [0.25, 0.3) is 33.5 Å². The second-order valence-electron chi connectivity index (χ2n) is 11.9. The minimum absolute atomic E-state index is 0.00178. The topological polar surface area (TPSA) is 117 Å². The molecule has 12 heteroatoms. The fourth-order valence-electron chi connectivity index (χ4n) is 6.64. The van der Waals surface area contributed by atoms with E-state index in [0.29, 0.717) is 53.7 Å². The first kappa shape index (κ1) is 30.3. The van der Waals surface area contributed by atoms with Crippen LogP contribution in [0.15, 0.2) is 88.8 Å². The average molecular weight is 639 g/mol. The number of benzene rings is 2. The molecule has 238 valence electrons. The highest BCUT2D eigenvalue weighted by atomic mass is 19.1. The number of hydrogen-bond acceptors (Lipinski definition) is 6. The van der Waals surface area contributed by atoms with Crippen molar-refractivity contribution in [3.63, 3.8) is 0 Å². The molecular weight excluding hydrogens is 609 g/mol. The third kappa shape index (κ3) is 5.65. The standard InChI is InChI=1S/C35H29F3N6O3/c36-23-6-10-28(22(13-23)16-39)21-2-1-3-27(14-21)43-33-29(15-25(38)17-40-33)34(46)44(35(43)47)26-8-4-20(5-9-26)12-31(45)30-19-42-18-24(37)7-11-32(42)41-30/h1-3,6-7,10-11,13-15,17-20,26H,4-5,8-9,12,16,39H2. The van der Waals surface area contributed by atoms with Crippen molar-refractivity contribution >= 4 is 22.5 Å². The lowest BCUT2D eigenvalue weighted by Gasteiger charge is -2.29. The van der Waals surface area contributed by atoms with Gasteiger partial charge in [-0.15, -0.1) is 0 Å². The molecular formula is C35H29F3N6O3. The molecule has 1 aliphatic rings. The first-order valence-electron chi connectivity index (χ1n) is 15.3. The van der Waals surface area contributed by atoms with Crippen molar-refractivity contribution in [2.75, 3.05) is 0 Å². The highest BCUT2D eigenvalue weighted by Crippen LogP contribution is 2.34. The molecule has 2 N–H and O–H groups in total. The summed E-state index contributed by atoms with van der Waals surface area (Å²) in [5.74, 6) is -1.73. The van der Waals surface area contributed by atoms with Crippen LogP contribution in [0.4, 0.5) is 13.2 Å². The van der Waals surface area contributed by atoms with Gasteiger partial charge in [-0.1, -0.05) is 18.2 Å². The molecule has 4 heterocycles. The van der Waals surface area contributed by atoms with Crippen molar-refractivity contribution in [3.8, 4) is 16.8 Å². The van der Waals surface area contributed by atoms with Crippen LogP contribution in [0.5, 0.6) is 0 Å². The Balaban J connectivity index is 1.21. The van der Waals surface area contributed by atoms with E-state index in [1.165, 1.54) is 50.2 Å². The summed E-state index contributed by atoms with van der Waals surface area (Å²) in [4.78, 5) is 49.4.